The first-order valence-electron chi connectivity index (χ1n) is 11.2. The van der Waals surface area contributed by atoms with Crippen molar-refractivity contribution in [1.29, 1.82) is 0 Å². The van der Waals surface area contributed by atoms with Gasteiger partial charge < -0.3 is 29.6 Å². The number of ether oxygens (including phenoxy) is 4. The van der Waals surface area contributed by atoms with Crippen LogP contribution in [0.25, 0.3) is 0 Å². The summed E-state index contributed by atoms with van der Waals surface area (Å²) in [5.41, 5.74) is 2.13. The van der Waals surface area contributed by atoms with Gasteiger partial charge in [0.15, 0.2) is 5.56 Å². The van der Waals surface area contributed by atoms with Crippen LogP contribution >= 0.6 is 23.1 Å². The number of methoxy groups -OCH3 is 3. The number of aromatic nitrogens is 1. The Kier molecular flexibility index (Phi) is 8.17. The van der Waals surface area contributed by atoms with Gasteiger partial charge in [-0.05, 0) is 54.7 Å². The monoisotopic (exact) mass is 531 g/mol. The summed E-state index contributed by atoms with van der Waals surface area (Å²) < 4.78 is 25.8. The first-order valence-corrected chi connectivity index (χ1v) is 12.3. The topological polar surface area (TPSA) is 108 Å². The second-order valence-corrected chi connectivity index (χ2v) is 9.24. The molecular weight excluding hydrogens is 506 g/mol. The van der Waals surface area contributed by atoms with Gasteiger partial charge in [-0.1, -0.05) is 11.6 Å². The zero-order valence-electron chi connectivity index (χ0n) is 20.1. The van der Waals surface area contributed by atoms with Crippen LogP contribution in [0.2, 0.25) is 5.02 Å². The first-order chi connectivity index (χ1) is 17.4. The summed E-state index contributed by atoms with van der Waals surface area (Å²) in [4.78, 5) is 25.0. The lowest BCUT2D eigenvalue weighted by atomic mass is 10.1. The highest BCUT2D eigenvalue weighted by Gasteiger charge is 2.25. The number of hydrogen-bond acceptors (Lipinski definition) is 9. The second-order valence-electron chi connectivity index (χ2n) is 8.06. The van der Waals surface area contributed by atoms with Crippen LogP contribution in [-0.4, -0.2) is 43.6 Å². The molecule has 0 atom stereocenters. The largest absolute Gasteiger partial charge is 0.497 e. The van der Waals surface area contributed by atoms with E-state index < -0.39 is 5.97 Å². The zero-order valence-corrected chi connectivity index (χ0v) is 21.6. The first kappa shape index (κ1) is 25.6. The van der Waals surface area contributed by atoms with Crippen molar-refractivity contribution in [2.24, 2.45) is 0 Å². The summed E-state index contributed by atoms with van der Waals surface area (Å²) in [6.07, 6.45) is 1.99. The predicted octanol–water partition coefficient (Wildman–Crippen LogP) is 4.68. The molecule has 2 N–H and O–H groups in total. The minimum absolute atomic E-state index is 0.0167. The van der Waals surface area contributed by atoms with Crippen molar-refractivity contribution in [1.82, 2.24) is 9.69 Å². The molecule has 1 saturated carbocycles. The van der Waals surface area contributed by atoms with Gasteiger partial charge in [-0.2, -0.15) is 4.37 Å². The Labute approximate surface area is 217 Å². The molecule has 36 heavy (non-hydrogen) atoms. The summed E-state index contributed by atoms with van der Waals surface area (Å²) in [6, 6.07) is 10.7. The lowest BCUT2D eigenvalue weighted by molar-refractivity contribution is 0.0596. The fraction of sp³-hybridized carbons (Fsp3) is 0.320. The van der Waals surface area contributed by atoms with Gasteiger partial charge >= 0.3 is 5.97 Å². The zero-order chi connectivity index (χ0) is 25.7. The number of amides is 1. The van der Waals surface area contributed by atoms with Crippen molar-refractivity contribution in [2.45, 2.75) is 32.0 Å². The van der Waals surface area contributed by atoms with Crippen molar-refractivity contribution < 1.29 is 28.5 Å². The third-order valence-electron chi connectivity index (χ3n) is 5.57. The molecule has 1 aromatic heterocycles. The molecule has 0 spiro atoms. The van der Waals surface area contributed by atoms with E-state index >= 15 is 0 Å². The molecule has 0 radical (unpaired) electrons. The lowest BCUT2D eigenvalue weighted by Crippen LogP contribution is -2.25. The van der Waals surface area contributed by atoms with Crippen LogP contribution in [-0.2, 0) is 17.9 Å². The highest BCUT2D eigenvalue weighted by atomic mass is 35.5. The number of hydrogen-bond donors (Lipinski definition) is 2. The van der Waals surface area contributed by atoms with Crippen LogP contribution in [0.1, 0.15) is 44.7 Å². The molecule has 1 fully saturated rings. The normalized spacial score (nSPS) is 12.6. The van der Waals surface area contributed by atoms with Crippen molar-refractivity contribution in [3.05, 3.63) is 63.7 Å². The molecule has 1 aliphatic carbocycles. The number of nitrogens with one attached hydrogen (secondary N) is 2. The standard InChI is InChI=1S/C25H26ClN3O6S/c1-32-18-8-4-15(20(11-18)33-2)12-27-24-21(25(31)34-3)23(29-36-24)35-13-16-10-14(5-9-19(16)26)22(30)28-17-6-7-17/h4-5,8-11,17,27H,6-7,12-13H2,1-3H3,(H,28,30). The van der Waals surface area contributed by atoms with E-state index in [2.05, 4.69) is 15.0 Å². The molecule has 1 aliphatic rings. The van der Waals surface area contributed by atoms with Crippen molar-refractivity contribution in [2.75, 3.05) is 26.6 Å². The van der Waals surface area contributed by atoms with Gasteiger partial charge in [0.25, 0.3) is 5.91 Å². The Morgan fingerprint density at radius 3 is 2.58 bits per heavy atom. The van der Waals surface area contributed by atoms with Crippen LogP contribution in [0.15, 0.2) is 36.4 Å². The molecule has 0 aliphatic heterocycles. The molecular formula is C25H26ClN3O6S. The molecule has 2 aromatic carbocycles. The van der Waals surface area contributed by atoms with Crippen LogP contribution < -0.4 is 24.8 Å². The summed E-state index contributed by atoms with van der Waals surface area (Å²) in [7, 11) is 4.45. The fourth-order valence-corrected chi connectivity index (χ4v) is 4.31. The number of anilines is 1. The molecule has 190 valence electrons. The van der Waals surface area contributed by atoms with E-state index in [0.29, 0.717) is 39.2 Å². The van der Waals surface area contributed by atoms with Crippen molar-refractivity contribution in [3.63, 3.8) is 0 Å². The number of rotatable bonds is 11. The Morgan fingerprint density at radius 1 is 1.08 bits per heavy atom. The van der Waals surface area contributed by atoms with Crippen molar-refractivity contribution in [3.8, 4) is 17.4 Å². The van der Waals surface area contributed by atoms with E-state index in [1.165, 1.54) is 7.11 Å². The Bertz CT molecular complexity index is 1260. The molecule has 4 rings (SSSR count). The quantitative estimate of drug-likeness (QED) is 0.343. The molecule has 0 bridgehead atoms. The van der Waals surface area contributed by atoms with Crippen molar-refractivity contribution >= 4 is 40.0 Å². The van der Waals surface area contributed by atoms with Gasteiger partial charge in [-0.3, -0.25) is 4.79 Å². The smallest absolute Gasteiger partial charge is 0.346 e. The molecule has 11 heteroatoms. The number of carbonyl (C=O) groups excluding carboxylic acids is 2. The molecule has 0 saturated heterocycles. The van der Waals surface area contributed by atoms with Gasteiger partial charge in [-0.15, -0.1) is 0 Å². The second kappa shape index (κ2) is 11.5. The van der Waals surface area contributed by atoms with E-state index in [9.17, 15) is 9.59 Å². The highest BCUT2D eigenvalue weighted by molar-refractivity contribution is 7.10. The van der Waals surface area contributed by atoms with Gasteiger partial charge in [0.05, 0.1) is 21.3 Å². The summed E-state index contributed by atoms with van der Waals surface area (Å²) in [5.74, 6) is 0.682. The van der Waals surface area contributed by atoms with Crippen LogP contribution in [0.4, 0.5) is 5.00 Å². The van der Waals surface area contributed by atoms with Gasteiger partial charge in [-0.25, -0.2) is 4.79 Å². The number of nitrogens with zero attached hydrogens (tertiary/aromatic N) is 1. The molecule has 0 unspecified atom stereocenters. The van der Waals surface area contributed by atoms with Crippen LogP contribution in [0, 0.1) is 0 Å². The minimum atomic E-state index is -0.591. The van der Waals surface area contributed by atoms with E-state index in [4.69, 9.17) is 30.5 Å². The Morgan fingerprint density at radius 2 is 1.89 bits per heavy atom. The molecule has 9 nitrogen and oxygen atoms in total. The Hall–Kier alpha value is -3.50. The number of esters is 1. The summed E-state index contributed by atoms with van der Waals surface area (Å²) in [6.45, 7) is 0.381. The minimum Gasteiger partial charge on any atom is -0.497 e. The van der Waals surface area contributed by atoms with E-state index in [-0.39, 0.29) is 30.0 Å². The number of halogens is 1. The van der Waals surface area contributed by atoms with E-state index in [1.54, 1.807) is 38.5 Å². The Balaban J connectivity index is 1.49. The van der Waals surface area contributed by atoms with Gasteiger partial charge in [0, 0.05) is 40.4 Å². The molecule has 1 heterocycles. The fourth-order valence-electron chi connectivity index (χ4n) is 3.42. The van der Waals surface area contributed by atoms with Crippen LogP contribution in [0.5, 0.6) is 17.4 Å². The molecule has 3 aromatic rings. The van der Waals surface area contributed by atoms with Gasteiger partial charge in [0.1, 0.15) is 23.1 Å². The maximum atomic E-state index is 12.6. The third-order valence-corrected chi connectivity index (χ3v) is 6.73. The average molecular weight is 532 g/mol. The molecule has 1 amide bonds. The maximum absolute atomic E-state index is 12.6. The third kappa shape index (κ3) is 6.00. The van der Waals surface area contributed by atoms with Crippen LogP contribution in [0.3, 0.4) is 0 Å². The predicted molar refractivity (Wildman–Crippen MR) is 137 cm³/mol. The lowest BCUT2D eigenvalue weighted by Gasteiger charge is -2.12. The van der Waals surface area contributed by atoms with E-state index in [0.717, 1.165) is 29.9 Å². The number of benzene rings is 2. The van der Waals surface area contributed by atoms with E-state index in [1.807, 2.05) is 12.1 Å². The summed E-state index contributed by atoms with van der Waals surface area (Å²) >= 11 is 7.41. The number of carbonyl (C=O) groups is 2. The SMILES string of the molecule is COC(=O)c1c(OCc2cc(C(=O)NC3CC3)ccc2Cl)nsc1NCc1ccc(OC)cc1OC. The average Bonchev–Trinajstić information content (AvgIpc) is 3.62. The van der Waals surface area contributed by atoms with Gasteiger partial charge in [0.2, 0.25) is 5.88 Å². The maximum Gasteiger partial charge on any atom is 0.346 e. The highest BCUT2D eigenvalue weighted by Crippen LogP contribution is 2.34. The summed E-state index contributed by atoms with van der Waals surface area (Å²) in [5, 5.41) is 7.09.